The largest absolute Gasteiger partial charge is 0.507 e. The summed E-state index contributed by atoms with van der Waals surface area (Å²) in [4.78, 5) is 10.8. The lowest BCUT2D eigenvalue weighted by atomic mass is 9.98. The first kappa shape index (κ1) is 14.7. The Hall–Kier alpha value is -1.26. The Labute approximate surface area is 100 Å². The third-order valence-electron chi connectivity index (χ3n) is 2.42. The second kappa shape index (κ2) is 5.72. The molecular formula is C11H16ClNO3. The maximum Gasteiger partial charge on any atom is 0.335 e. The van der Waals surface area contributed by atoms with Crippen LogP contribution in [-0.2, 0) is 0 Å². The molecule has 0 heterocycles. The first-order chi connectivity index (χ1) is 6.97. The van der Waals surface area contributed by atoms with Gasteiger partial charge in [-0.15, -0.1) is 12.4 Å². The summed E-state index contributed by atoms with van der Waals surface area (Å²) < 4.78 is 0. The predicted molar refractivity (Wildman–Crippen MR) is 64.3 cm³/mol. The van der Waals surface area contributed by atoms with Crippen LogP contribution in [0.1, 0.15) is 40.9 Å². The molecule has 0 fully saturated rings. The van der Waals surface area contributed by atoms with Gasteiger partial charge in [0.1, 0.15) is 5.75 Å². The smallest absolute Gasteiger partial charge is 0.335 e. The number of carboxylic acid groups (broad SMARTS) is 1. The number of hydrogen-bond donors (Lipinski definition) is 3. The summed E-state index contributed by atoms with van der Waals surface area (Å²) in [7, 11) is 0. The van der Waals surface area contributed by atoms with Crippen molar-refractivity contribution in [2.45, 2.75) is 26.3 Å². The van der Waals surface area contributed by atoms with E-state index in [1.54, 1.807) is 6.92 Å². The fourth-order valence-electron chi connectivity index (χ4n) is 1.43. The summed E-state index contributed by atoms with van der Waals surface area (Å²) in [6.45, 7) is 3.54. The van der Waals surface area contributed by atoms with Crippen LogP contribution in [0.25, 0.3) is 0 Å². The molecule has 0 spiro atoms. The number of aryl methyl sites for hydroxylation is 1. The minimum Gasteiger partial charge on any atom is -0.507 e. The molecule has 0 aliphatic rings. The summed E-state index contributed by atoms with van der Waals surface area (Å²) in [5.41, 5.74) is 6.97. The van der Waals surface area contributed by atoms with Gasteiger partial charge in [-0.3, -0.25) is 0 Å². The SMILES string of the molecule is CC[C@@H](N)c1cc(C(=O)O)cc(C)c1O.Cl. The van der Waals surface area contributed by atoms with Gasteiger partial charge in [0.05, 0.1) is 5.56 Å². The van der Waals surface area contributed by atoms with Crippen LogP contribution in [0.2, 0.25) is 0 Å². The van der Waals surface area contributed by atoms with E-state index in [0.717, 1.165) is 0 Å². The Kier molecular flexibility index (Phi) is 5.27. The lowest BCUT2D eigenvalue weighted by molar-refractivity contribution is 0.0696. The van der Waals surface area contributed by atoms with Gasteiger partial charge in [0, 0.05) is 11.6 Å². The Morgan fingerprint density at radius 2 is 2.06 bits per heavy atom. The van der Waals surface area contributed by atoms with Crippen molar-refractivity contribution in [2.24, 2.45) is 5.73 Å². The lowest BCUT2D eigenvalue weighted by Crippen LogP contribution is -2.11. The average molecular weight is 246 g/mol. The summed E-state index contributed by atoms with van der Waals surface area (Å²) in [5.74, 6) is -0.919. The van der Waals surface area contributed by atoms with E-state index in [1.165, 1.54) is 12.1 Å². The lowest BCUT2D eigenvalue weighted by Gasteiger charge is -2.14. The molecule has 0 unspecified atom stereocenters. The normalized spacial score (nSPS) is 11.7. The molecule has 0 aliphatic carbocycles. The van der Waals surface area contributed by atoms with Gasteiger partial charge in [0.25, 0.3) is 0 Å². The third kappa shape index (κ3) is 2.87. The molecule has 0 bridgehead atoms. The van der Waals surface area contributed by atoms with Gasteiger partial charge < -0.3 is 15.9 Å². The van der Waals surface area contributed by atoms with Crippen molar-refractivity contribution >= 4 is 18.4 Å². The van der Waals surface area contributed by atoms with Crippen LogP contribution in [0.5, 0.6) is 5.75 Å². The average Bonchev–Trinajstić information content (AvgIpc) is 2.20. The van der Waals surface area contributed by atoms with E-state index >= 15 is 0 Å². The Morgan fingerprint density at radius 1 is 1.50 bits per heavy atom. The first-order valence-electron chi connectivity index (χ1n) is 4.79. The molecule has 1 rings (SSSR count). The van der Waals surface area contributed by atoms with E-state index in [1.807, 2.05) is 6.92 Å². The zero-order valence-corrected chi connectivity index (χ0v) is 10.0. The van der Waals surface area contributed by atoms with Crippen molar-refractivity contribution in [2.75, 3.05) is 0 Å². The molecule has 0 aliphatic heterocycles. The Morgan fingerprint density at radius 3 is 2.50 bits per heavy atom. The topological polar surface area (TPSA) is 83.6 Å². The van der Waals surface area contributed by atoms with Crippen LogP contribution >= 0.6 is 12.4 Å². The number of hydrogen-bond acceptors (Lipinski definition) is 3. The Balaban J connectivity index is 0.00000225. The van der Waals surface area contributed by atoms with E-state index < -0.39 is 5.97 Å². The summed E-state index contributed by atoms with van der Waals surface area (Å²) in [6, 6.07) is 2.53. The number of rotatable bonds is 3. The second-order valence-electron chi connectivity index (χ2n) is 3.55. The molecular weight excluding hydrogens is 230 g/mol. The van der Waals surface area contributed by atoms with E-state index in [9.17, 15) is 9.90 Å². The van der Waals surface area contributed by atoms with Crippen LogP contribution in [0, 0.1) is 6.92 Å². The van der Waals surface area contributed by atoms with Crippen molar-refractivity contribution in [1.29, 1.82) is 0 Å². The quantitative estimate of drug-likeness (QED) is 0.763. The number of phenolic OH excluding ortho intramolecular Hbond substituents is 1. The van der Waals surface area contributed by atoms with Gasteiger partial charge in [-0.2, -0.15) is 0 Å². The third-order valence-corrected chi connectivity index (χ3v) is 2.42. The second-order valence-corrected chi connectivity index (χ2v) is 3.55. The van der Waals surface area contributed by atoms with E-state index in [4.69, 9.17) is 10.8 Å². The summed E-state index contributed by atoms with van der Waals surface area (Å²) >= 11 is 0. The van der Waals surface area contributed by atoms with Gasteiger partial charge in [0.2, 0.25) is 0 Å². The zero-order chi connectivity index (χ0) is 11.6. The number of aromatic carboxylic acids is 1. The van der Waals surface area contributed by atoms with Gasteiger partial charge in [-0.1, -0.05) is 6.92 Å². The minimum atomic E-state index is -1.01. The molecule has 5 heteroatoms. The maximum absolute atomic E-state index is 10.8. The molecule has 16 heavy (non-hydrogen) atoms. The van der Waals surface area contributed by atoms with E-state index in [0.29, 0.717) is 17.5 Å². The van der Waals surface area contributed by atoms with Crippen LogP contribution in [-0.4, -0.2) is 16.2 Å². The molecule has 0 amide bonds. The molecule has 1 atom stereocenters. The van der Waals surface area contributed by atoms with Crippen LogP contribution in [0.15, 0.2) is 12.1 Å². The number of carbonyl (C=O) groups is 1. The number of carboxylic acids is 1. The van der Waals surface area contributed by atoms with Gasteiger partial charge >= 0.3 is 5.97 Å². The number of aromatic hydroxyl groups is 1. The molecule has 1 aromatic carbocycles. The zero-order valence-electron chi connectivity index (χ0n) is 9.23. The molecule has 0 radical (unpaired) electrons. The fourth-order valence-corrected chi connectivity index (χ4v) is 1.43. The molecule has 0 aromatic heterocycles. The highest BCUT2D eigenvalue weighted by Crippen LogP contribution is 2.29. The van der Waals surface area contributed by atoms with E-state index in [2.05, 4.69) is 0 Å². The summed E-state index contributed by atoms with van der Waals surface area (Å²) in [6.07, 6.45) is 0.649. The molecule has 4 nitrogen and oxygen atoms in total. The van der Waals surface area contributed by atoms with Gasteiger partial charge in [-0.25, -0.2) is 4.79 Å². The van der Waals surface area contributed by atoms with Crippen LogP contribution in [0.3, 0.4) is 0 Å². The van der Waals surface area contributed by atoms with Crippen molar-refractivity contribution in [3.8, 4) is 5.75 Å². The highest BCUT2D eigenvalue weighted by molar-refractivity contribution is 5.88. The monoisotopic (exact) mass is 245 g/mol. The summed E-state index contributed by atoms with van der Waals surface area (Å²) in [5, 5.41) is 18.6. The van der Waals surface area contributed by atoms with Crippen molar-refractivity contribution in [1.82, 2.24) is 0 Å². The Bertz CT molecular complexity index is 393. The number of nitrogens with two attached hydrogens (primary N) is 1. The molecule has 90 valence electrons. The highest BCUT2D eigenvalue weighted by Gasteiger charge is 2.15. The number of benzene rings is 1. The minimum absolute atomic E-state index is 0. The van der Waals surface area contributed by atoms with Gasteiger partial charge in [0.15, 0.2) is 0 Å². The number of phenols is 1. The van der Waals surface area contributed by atoms with Crippen LogP contribution < -0.4 is 5.73 Å². The predicted octanol–water partition coefficient (Wildman–Crippen LogP) is 2.23. The maximum atomic E-state index is 10.8. The number of halogens is 1. The molecule has 4 N–H and O–H groups in total. The fraction of sp³-hybridized carbons (Fsp3) is 0.364. The van der Waals surface area contributed by atoms with Crippen molar-refractivity contribution in [3.63, 3.8) is 0 Å². The van der Waals surface area contributed by atoms with E-state index in [-0.39, 0.29) is 29.8 Å². The standard InChI is InChI=1S/C11H15NO3.ClH/c1-3-9(12)8-5-7(11(14)15)4-6(2)10(8)13;/h4-5,9,13H,3,12H2,1-2H3,(H,14,15);1H/t9-;/m1./s1. The highest BCUT2D eigenvalue weighted by atomic mass is 35.5. The molecule has 1 aromatic rings. The molecule has 0 saturated carbocycles. The van der Waals surface area contributed by atoms with Crippen molar-refractivity contribution < 1.29 is 15.0 Å². The van der Waals surface area contributed by atoms with Crippen LogP contribution in [0.4, 0.5) is 0 Å². The molecule has 0 saturated heterocycles. The first-order valence-corrected chi connectivity index (χ1v) is 4.79. The van der Waals surface area contributed by atoms with Gasteiger partial charge in [-0.05, 0) is 31.0 Å². The van der Waals surface area contributed by atoms with Crippen molar-refractivity contribution in [3.05, 3.63) is 28.8 Å².